The van der Waals surface area contributed by atoms with E-state index in [-0.39, 0.29) is 13.0 Å². The number of hydrogen-bond acceptors (Lipinski definition) is 3. The largest absolute Gasteiger partial charge is 0.227 e. The Labute approximate surface area is 71.4 Å². The number of alkyl halides is 1. The maximum Gasteiger partial charge on any atom is 0.227 e. The highest BCUT2D eigenvalue weighted by atomic mass is 35.5. The van der Waals surface area contributed by atoms with E-state index >= 15 is 0 Å². The van der Waals surface area contributed by atoms with E-state index in [1.54, 1.807) is 0 Å². The molecular weight excluding hydrogens is 188 g/mol. The number of nitriles is 1. The van der Waals surface area contributed by atoms with Gasteiger partial charge in [0.15, 0.2) is 0 Å². The predicted molar refractivity (Wildman–Crippen MR) is 42.5 cm³/mol. The first-order chi connectivity index (χ1) is 5.04. The summed E-state index contributed by atoms with van der Waals surface area (Å²) in [5, 5.41) is 7.71. The zero-order chi connectivity index (χ0) is 8.91. The molecular formula is C5H9ClN2O2S. The summed E-state index contributed by atoms with van der Waals surface area (Å²) in [6.45, 7) is 0.200. The molecule has 0 aliphatic heterocycles. The van der Waals surface area contributed by atoms with Gasteiger partial charge in [0.1, 0.15) is 5.21 Å². The highest BCUT2D eigenvalue weighted by Crippen LogP contribution is 2.00. The van der Waals surface area contributed by atoms with Crippen LogP contribution < -0.4 is 0 Å². The van der Waals surface area contributed by atoms with Crippen LogP contribution in [0.25, 0.3) is 0 Å². The van der Waals surface area contributed by atoms with Crippen molar-refractivity contribution in [3.05, 3.63) is 0 Å². The first kappa shape index (κ1) is 10.7. The summed E-state index contributed by atoms with van der Waals surface area (Å²) in [6.07, 6.45) is 0.187. The van der Waals surface area contributed by atoms with Crippen LogP contribution in [-0.4, -0.2) is 31.5 Å². The quantitative estimate of drug-likeness (QED) is 0.610. The van der Waals surface area contributed by atoms with Crippen LogP contribution in [0.5, 0.6) is 0 Å². The first-order valence-corrected chi connectivity index (χ1v) is 5.06. The van der Waals surface area contributed by atoms with Gasteiger partial charge in [-0.15, -0.1) is 11.6 Å². The highest BCUT2D eigenvalue weighted by Gasteiger charge is 2.14. The summed E-state index contributed by atoms with van der Waals surface area (Å²) in [4.78, 5) is 0. The van der Waals surface area contributed by atoms with Crippen molar-refractivity contribution in [2.24, 2.45) is 0 Å². The minimum absolute atomic E-state index is 0.187. The molecule has 0 fully saturated rings. The van der Waals surface area contributed by atoms with Gasteiger partial charge in [-0.1, -0.05) is 0 Å². The van der Waals surface area contributed by atoms with Gasteiger partial charge in [0.25, 0.3) is 0 Å². The fourth-order valence-electron chi connectivity index (χ4n) is 0.430. The van der Waals surface area contributed by atoms with E-state index in [4.69, 9.17) is 16.9 Å². The van der Waals surface area contributed by atoms with Crippen LogP contribution in [0.2, 0.25) is 0 Å². The number of halogens is 1. The third-order valence-electron chi connectivity index (χ3n) is 1.15. The molecule has 0 atom stereocenters. The Balaban J connectivity index is 4.05. The molecule has 0 saturated carbocycles. The normalized spacial score (nSPS) is 11.5. The van der Waals surface area contributed by atoms with Crippen LogP contribution >= 0.6 is 11.6 Å². The summed E-state index contributed by atoms with van der Waals surface area (Å²) < 4.78 is 22.9. The van der Waals surface area contributed by atoms with Crippen molar-refractivity contribution in [2.45, 2.75) is 6.42 Å². The SMILES string of the molecule is CN(CCC#N)S(=O)(=O)CCl. The van der Waals surface area contributed by atoms with Crippen molar-refractivity contribution < 1.29 is 8.42 Å². The summed E-state index contributed by atoms with van der Waals surface area (Å²) in [6, 6.07) is 1.85. The van der Waals surface area contributed by atoms with E-state index in [1.165, 1.54) is 7.05 Å². The van der Waals surface area contributed by atoms with Crippen LogP contribution in [0, 0.1) is 11.3 Å². The van der Waals surface area contributed by atoms with Gasteiger partial charge in [0, 0.05) is 20.0 Å². The second-order valence-electron chi connectivity index (χ2n) is 1.95. The van der Waals surface area contributed by atoms with Gasteiger partial charge in [-0.25, -0.2) is 12.7 Å². The predicted octanol–water partition coefficient (Wildman–Crippen LogP) is 0.358. The molecule has 0 rings (SSSR count). The van der Waals surface area contributed by atoms with Crippen molar-refractivity contribution in [3.8, 4) is 6.07 Å². The maximum absolute atomic E-state index is 10.9. The van der Waals surface area contributed by atoms with E-state index in [0.29, 0.717) is 0 Å². The van der Waals surface area contributed by atoms with Crippen molar-refractivity contribution >= 4 is 21.6 Å². The van der Waals surface area contributed by atoms with Gasteiger partial charge in [-0.2, -0.15) is 5.26 Å². The Bertz CT molecular complexity index is 244. The maximum atomic E-state index is 10.9. The first-order valence-electron chi connectivity index (χ1n) is 2.91. The molecule has 0 radical (unpaired) electrons. The molecule has 0 aromatic rings. The Morgan fingerprint density at radius 2 is 2.18 bits per heavy atom. The van der Waals surface area contributed by atoms with Crippen molar-refractivity contribution in [3.63, 3.8) is 0 Å². The van der Waals surface area contributed by atoms with Gasteiger partial charge in [-0.05, 0) is 0 Å². The molecule has 0 heterocycles. The van der Waals surface area contributed by atoms with Crippen LogP contribution in [0.4, 0.5) is 0 Å². The number of nitrogens with zero attached hydrogens (tertiary/aromatic N) is 2. The molecule has 0 spiro atoms. The summed E-state index contributed by atoms with van der Waals surface area (Å²) in [7, 11) is -1.92. The molecule has 4 nitrogen and oxygen atoms in total. The van der Waals surface area contributed by atoms with E-state index in [2.05, 4.69) is 0 Å². The Morgan fingerprint density at radius 3 is 2.55 bits per heavy atom. The van der Waals surface area contributed by atoms with Gasteiger partial charge >= 0.3 is 0 Å². The smallest absolute Gasteiger partial charge is 0.211 e. The topological polar surface area (TPSA) is 61.2 Å². The third-order valence-corrected chi connectivity index (χ3v) is 3.39. The van der Waals surface area contributed by atoms with Crippen LogP contribution in [0.3, 0.4) is 0 Å². The van der Waals surface area contributed by atoms with Crippen LogP contribution in [-0.2, 0) is 10.0 Å². The lowest BCUT2D eigenvalue weighted by Crippen LogP contribution is -2.28. The van der Waals surface area contributed by atoms with Crippen molar-refractivity contribution in [2.75, 3.05) is 18.8 Å². The highest BCUT2D eigenvalue weighted by molar-refractivity contribution is 7.90. The zero-order valence-corrected chi connectivity index (χ0v) is 7.69. The number of rotatable bonds is 4. The number of hydrogen-bond donors (Lipinski definition) is 0. The Morgan fingerprint density at radius 1 is 1.64 bits per heavy atom. The number of sulfonamides is 1. The molecule has 6 heteroatoms. The van der Waals surface area contributed by atoms with Gasteiger partial charge in [-0.3, -0.25) is 0 Å². The minimum Gasteiger partial charge on any atom is -0.211 e. The lowest BCUT2D eigenvalue weighted by Gasteiger charge is -2.12. The lowest BCUT2D eigenvalue weighted by atomic mass is 10.5. The minimum atomic E-state index is -3.32. The summed E-state index contributed by atoms with van der Waals surface area (Å²) >= 11 is 5.15. The average Bonchev–Trinajstić information content (AvgIpc) is 2.00. The van der Waals surface area contributed by atoms with Gasteiger partial charge in [0.2, 0.25) is 10.0 Å². The fourth-order valence-corrected chi connectivity index (χ4v) is 1.47. The fraction of sp³-hybridized carbons (Fsp3) is 0.800. The van der Waals surface area contributed by atoms with E-state index in [9.17, 15) is 8.42 Å². The van der Waals surface area contributed by atoms with Crippen LogP contribution in [0.1, 0.15) is 6.42 Å². The molecule has 64 valence electrons. The molecule has 0 saturated heterocycles. The summed E-state index contributed by atoms with van der Waals surface area (Å²) in [5.74, 6) is 0. The molecule has 0 unspecified atom stereocenters. The molecule has 0 aliphatic carbocycles. The van der Waals surface area contributed by atoms with Crippen molar-refractivity contribution in [1.29, 1.82) is 5.26 Å². The zero-order valence-electron chi connectivity index (χ0n) is 6.12. The average molecular weight is 197 g/mol. The molecule has 0 amide bonds. The summed E-state index contributed by atoms with van der Waals surface area (Å²) in [5.41, 5.74) is 0. The Kier molecular flexibility index (Phi) is 4.42. The molecule has 0 aromatic carbocycles. The monoisotopic (exact) mass is 196 g/mol. The van der Waals surface area contributed by atoms with Crippen molar-refractivity contribution in [1.82, 2.24) is 4.31 Å². The van der Waals surface area contributed by atoms with Gasteiger partial charge in [0.05, 0.1) is 6.07 Å². The van der Waals surface area contributed by atoms with E-state index in [1.807, 2.05) is 6.07 Å². The Hall–Kier alpha value is -0.310. The van der Waals surface area contributed by atoms with E-state index in [0.717, 1.165) is 4.31 Å². The van der Waals surface area contributed by atoms with Gasteiger partial charge < -0.3 is 0 Å². The van der Waals surface area contributed by atoms with Crippen LogP contribution in [0.15, 0.2) is 0 Å². The lowest BCUT2D eigenvalue weighted by molar-refractivity contribution is 0.480. The molecule has 0 N–H and O–H groups in total. The standard InChI is InChI=1S/C5H9ClN2O2S/c1-8(4-2-3-7)11(9,10)5-6/h2,4-5H2,1H3. The molecule has 11 heavy (non-hydrogen) atoms. The second kappa shape index (κ2) is 4.54. The second-order valence-corrected chi connectivity index (χ2v) is 4.61. The van der Waals surface area contributed by atoms with E-state index < -0.39 is 15.2 Å². The third kappa shape index (κ3) is 3.56. The molecule has 0 aliphatic rings. The molecule has 0 bridgehead atoms. The molecule has 0 aromatic heterocycles.